The third-order valence-corrected chi connectivity index (χ3v) is 3.77. The van der Waals surface area contributed by atoms with E-state index in [4.69, 9.17) is 16.0 Å². The van der Waals surface area contributed by atoms with Crippen molar-refractivity contribution in [2.45, 2.75) is 25.7 Å². The summed E-state index contributed by atoms with van der Waals surface area (Å²) < 4.78 is 5.61. The number of hydrazine groups is 1. The molecule has 0 saturated heterocycles. The zero-order valence-corrected chi connectivity index (χ0v) is 13.1. The molecule has 2 aromatic rings. The molecule has 7 heteroatoms. The summed E-state index contributed by atoms with van der Waals surface area (Å²) in [5.41, 5.74) is 5.68. The van der Waals surface area contributed by atoms with Gasteiger partial charge in [0.25, 0.3) is 0 Å². The molecule has 0 unspecified atom stereocenters. The van der Waals surface area contributed by atoms with Gasteiger partial charge in [-0.15, -0.1) is 0 Å². The summed E-state index contributed by atoms with van der Waals surface area (Å²) in [7, 11) is 0. The molecule has 23 heavy (non-hydrogen) atoms. The predicted molar refractivity (Wildman–Crippen MR) is 84.3 cm³/mol. The van der Waals surface area contributed by atoms with Crippen LogP contribution in [0.4, 0.5) is 0 Å². The lowest BCUT2D eigenvalue weighted by Crippen LogP contribution is -2.42. The number of aromatic nitrogens is 1. The van der Waals surface area contributed by atoms with Crippen molar-refractivity contribution < 1.29 is 14.0 Å². The van der Waals surface area contributed by atoms with Crippen LogP contribution < -0.4 is 10.9 Å². The highest BCUT2D eigenvalue weighted by molar-refractivity contribution is 6.30. The van der Waals surface area contributed by atoms with Crippen LogP contribution in [-0.2, 0) is 16.0 Å². The van der Waals surface area contributed by atoms with Gasteiger partial charge in [0.2, 0.25) is 11.8 Å². The van der Waals surface area contributed by atoms with Crippen molar-refractivity contribution in [3.8, 4) is 11.3 Å². The smallest absolute Gasteiger partial charge is 0.241 e. The SMILES string of the molecule is O=C(CCc1ncc(-c2ccc(Cl)cc2)o1)NNC(=O)C1CC1. The number of carbonyl (C=O) groups excluding carboxylic acids is 2. The van der Waals surface area contributed by atoms with Crippen LogP contribution in [0, 0.1) is 5.92 Å². The normalized spacial score (nSPS) is 13.6. The molecule has 1 aromatic heterocycles. The first-order chi connectivity index (χ1) is 11.1. The Morgan fingerprint density at radius 1 is 1.22 bits per heavy atom. The minimum Gasteiger partial charge on any atom is -0.441 e. The van der Waals surface area contributed by atoms with Crippen molar-refractivity contribution in [3.05, 3.63) is 41.4 Å². The van der Waals surface area contributed by atoms with E-state index in [2.05, 4.69) is 15.8 Å². The number of hydrogen-bond acceptors (Lipinski definition) is 4. The van der Waals surface area contributed by atoms with Crippen LogP contribution in [0.5, 0.6) is 0 Å². The zero-order chi connectivity index (χ0) is 16.2. The summed E-state index contributed by atoms with van der Waals surface area (Å²) in [5.74, 6) is 0.756. The van der Waals surface area contributed by atoms with E-state index in [0.717, 1.165) is 18.4 Å². The first-order valence-electron chi connectivity index (χ1n) is 7.41. The molecule has 2 N–H and O–H groups in total. The Morgan fingerprint density at radius 3 is 2.65 bits per heavy atom. The average molecular weight is 334 g/mol. The second-order valence-corrected chi connectivity index (χ2v) is 5.87. The molecule has 1 saturated carbocycles. The molecule has 0 spiro atoms. The molecular formula is C16H16ClN3O3. The lowest BCUT2D eigenvalue weighted by atomic mass is 10.2. The second kappa shape index (κ2) is 6.83. The molecule has 3 rings (SSSR count). The van der Waals surface area contributed by atoms with Gasteiger partial charge in [-0.1, -0.05) is 11.6 Å². The highest BCUT2D eigenvalue weighted by Crippen LogP contribution is 2.28. The van der Waals surface area contributed by atoms with Gasteiger partial charge in [-0.3, -0.25) is 20.4 Å². The van der Waals surface area contributed by atoms with E-state index >= 15 is 0 Å². The van der Waals surface area contributed by atoms with Crippen LogP contribution in [0.2, 0.25) is 5.02 Å². The van der Waals surface area contributed by atoms with Gasteiger partial charge < -0.3 is 4.42 Å². The summed E-state index contributed by atoms with van der Waals surface area (Å²) in [6.07, 6.45) is 3.95. The fourth-order valence-corrected chi connectivity index (χ4v) is 2.16. The first kappa shape index (κ1) is 15.6. The molecule has 1 fully saturated rings. The van der Waals surface area contributed by atoms with Crippen molar-refractivity contribution in [2.75, 3.05) is 0 Å². The van der Waals surface area contributed by atoms with E-state index in [-0.39, 0.29) is 24.2 Å². The maximum Gasteiger partial charge on any atom is 0.241 e. The van der Waals surface area contributed by atoms with E-state index in [1.807, 2.05) is 12.1 Å². The lowest BCUT2D eigenvalue weighted by molar-refractivity contribution is -0.129. The fraction of sp³-hybridized carbons (Fsp3) is 0.312. The monoisotopic (exact) mass is 333 g/mol. The number of nitrogens with zero attached hydrogens (tertiary/aromatic N) is 1. The maximum absolute atomic E-state index is 11.7. The number of hydrogen-bond donors (Lipinski definition) is 2. The van der Waals surface area contributed by atoms with Gasteiger partial charge in [0, 0.05) is 29.3 Å². The quantitative estimate of drug-likeness (QED) is 0.823. The van der Waals surface area contributed by atoms with Crippen LogP contribution >= 0.6 is 11.6 Å². The van der Waals surface area contributed by atoms with Crippen molar-refractivity contribution >= 4 is 23.4 Å². The summed E-state index contributed by atoms with van der Waals surface area (Å²) in [6.45, 7) is 0. The summed E-state index contributed by atoms with van der Waals surface area (Å²) in [5, 5.41) is 0.651. The Labute approximate surface area is 138 Å². The Morgan fingerprint density at radius 2 is 1.96 bits per heavy atom. The standard InChI is InChI=1S/C16H16ClN3O3/c17-12-5-3-10(4-6-12)13-9-18-15(23-13)8-7-14(21)19-20-16(22)11-1-2-11/h3-6,9,11H,1-2,7-8H2,(H,19,21)(H,20,22). The molecule has 0 atom stereocenters. The van der Waals surface area contributed by atoms with Crippen molar-refractivity contribution in [1.82, 2.24) is 15.8 Å². The van der Waals surface area contributed by atoms with E-state index in [1.54, 1.807) is 18.3 Å². The Hall–Kier alpha value is -2.34. The van der Waals surface area contributed by atoms with E-state index in [9.17, 15) is 9.59 Å². The molecule has 2 amide bonds. The molecule has 120 valence electrons. The number of aryl methyl sites for hydroxylation is 1. The zero-order valence-electron chi connectivity index (χ0n) is 12.3. The lowest BCUT2D eigenvalue weighted by Gasteiger charge is -2.05. The third-order valence-electron chi connectivity index (χ3n) is 3.52. The Bertz CT molecular complexity index is 708. The first-order valence-corrected chi connectivity index (χ1v) is 7.79. The fourth-order valence-electron chi connectivity index (χ4n) is 2.04. The third kappa shape index (κ3) is 4.32. The molecule has 0 bridgehead atoms. The largest absolute Gasteiger partial charge is 0.441 e. The molecule has 0 radical (unpaired) electrons. The summed E-state index contributed by atoms with van der Waals surface area (Å²) >= 11 is 5.84. The van der Waals surface area contributed by atoms with Gasteiger partial charge in [0.15, 0.2) is 11.7 Å². The number of benzene rings is 1. The minimum atomic E-state index is -0.273. The van der Waals surface area contributed by atoms with Crippen LogP contribution in [0.3, 0.4) is 0 Å². The molecule has 6 nitrogen and oxygen atoms in total. The van der Waals surface area contributed by atoms with Gasteiger partial charge in [0.05, 0.1) is 6.20 Å². The van der Waals surface area contributed by atoms with Gasteiger partial charge in [-0.25, -0.2) is 4.98 Å². The number of rotatable bonds is 5. The number of carbonyl (C=O) groups is 2. The average Bonchev–Trinajstić information content (AvgIpc) is 3.30. The maximum atomic E-state index is 11.7. The van der Waals surface area contributed by atoms with Gasteiger partial charge in [0.1, 0.15) is 0 Å². The number of amides is 2. The van der Waals surface area contributed by atoms with Crippen molar-refractivity contribution in [3.63, 3.8) is 0 Å². The molecule has 0 aliphatic heterocycles. The summed E-state index contributed by atoms with van der Waals surface area (Å²) in [6, 6.07) is 7.23. The van der Waals surface area contributed by atoms with Crippen LogP contribution in [0.1, 0.15) is 25.2 Å². The van der Waals surface area contributed by atoms with Gasteiger partial charge in [-0.05, 0) is 37.1 Å². The second-order valence-electron chi connectivity index (χ2n) is 5.44. The number of nitrogens with one attached hydrogen (secondary N) is 2. The van der Waals surface area contributed by atoms with Crippen molar-refractivity contribution in [2.24, 2.45) is 5.92 Å². The van der Waals surface area contributed by atoms with E-state index in [0.29, 0.717) is 23.1 Å². The topological polar surface area (TPSA) is 84.2 Å². The van der Waals surface area contributed by atoms with E-state index < -0.39 is 0 Å². The van der Waals surface area contributed by atoms with E-state index in [1.165, 1.54) is 0 Å². The molecule has 1 heterocycles. The highest BCUT2D eigenvalue weighted by atomic mass is 35.5. The van der Waals surface area contributed by atoms with Gasteiger partial charge >= 0.3 is 0 Å². The van der Waals surface area contributed by atoms with Crippen molar-refractivity contribution in [1.29, 1.82) is 0 Å². The minimum absolute atomic E-state index is 0.0592. The Balaban J connectivity index is 1.47. The molecule has 1 aliphatic rings. The van der Waals surface area contributed by atoms with Gasteiger partial charge in [-0.2, -0.15) is 0 Å². The Kier molecular flexibility index (Phi) is 4.62. The molecule has 1 aliphatic carbocycles. The molecule has 1 aromatic carbocycles. The number of halogens is 1. The van der Waals surface area contributed by atoms with Crippen LogP contribution in [0.15, 0.2) is 34.9 Å². The van der Waals surface area contributed by atoms with Crippen LogP contribution in [-0.4, -0.2) is 16.8 Å². The molecular weight excluding hydrogens is 318 g/mol. The summed E-state index contributed by atoms with van der Waals surface area (Å²) in [4.78, 5) is 27.2. The van der Waals surface area contributed by atoms with Crippen LogP contribution in [0.25, 0.3) is 11.3 Å². The number of oxazole rings is 1. The predicted octanol–water partition coefficient (Wildman–Crippen LogP) is 2.49. The highest BCUT2D eigenvalue weighted by Gasteiger charge is 2.29.